The van der Waals surface area contributed by atoms with Crippen molar-refractivity contribution in [3.05, 3.63) is 16.4 Å². The van der Waals surface area contributed by atoms with Gasteiger partial charge in [-0.1, -0.05) is 23.2 Å². The maximum atomic E-state index is 11.5. The molecule has 0 aliphatic carbocycles. The molecule has 1 aliphatic heterocycles. The van der Waals surface area contributed by atoms with Crippen molar-refractivity contribution in [3.8, 4) is 0 Å². The van der Waals surface area contributed by atoms with Crippen LogP contribution in [0.1, 0.15) is 12.8 Å². The molecule has 2 heterocycles. The first-order chi connectivity index (χ1) is 8.61. The molecular formula is C11H14Cl2N4O. The van der Waals surface area contributed by atoms with E-state index in [1.165, 1.54) is 0 Å². The van der Waals surface area contributed by atoms with E-state index in [4.69, 9.17) is 23.2 Å². The zero-order chi connectivity index (χ0) is 13.1. The average Bonchev–Trinajstić information content (AvgIpc) is 2.41. The second kappa shape index (κ2) is 5.71. The van der Waals surface area contributed by atoms with Crippen LogP contribution in [-0.2, 0) is 4.79 Å². The summed E-state index contributed by atoms with van der Waals surface area (Å²) >= 11 is 11.8. The molecule has 0 spiro atoms. The number of nitrogens with one attached hydrogen (secondary N) is 1. The number of amides is 1. The lowest BCUT2D eigenvalue weighted by Gasteiger charge is -2.32. The first-order valence-corrected chi connectivity index (χ1v) is 6.52. The molecule has 18 heavy (non-hydrogen) atoms. The van der Waals surface area contributed by atoms with Crippen LogP contribution in [0.15, 0.2) is 6.07 Å². The fraction of sp³-hybridized carbons (Fsp3) is 0.545. The molecule has 0 atom stereocenters. The Labute approximate surface area is 115 Å². The SMILES string of the molecule is CNC(=O)C1CCN(c2cc(Cl)nnc2Cl)CC1. The number of anilines is 1. The lowest BCUT2D eigenvalue weighted by Crippen LogP contribution is -2.39. The van der Waals surface area contributed by atoms with Gasteiger partial charge < -0.3 is 10.2 Å². The molecule has 1 aliphatic rings. The largest absolute Gasteiger partial charge is 0.369 e. The van der Waals surface area contributed by atoms with E-state index in [2.05, 4.69) is 20.4 Å². The molecule has 0 aromatic carbocycles. The van der Waals surface area contributed by atoms with E-state index in [1.807, 2.05) is 0 Å². The summed E-state index contributed by atoms with van der Waals surface area (Å²) in [5.74, 6) is 0.182. The molecule has 0 radical (unpaired) electrons. The van der Waals surface area contributed by atoms with Crippen LogP contribution in [-0.4, -0.2) is 36.2 Å². The van der Waals surface area contributed by atoms with Crippen molar-refractivity contribution >= 4 is 34.8 Å². The van der Waals surface area contributed by atoms with Gasteiger partial charge in [0.2, 0.25) is 5.91 Å². The van der Waals surface area contributed by atoms with Crippen LogP contribution in [0.2, 0.25) is 10.3 Å². The van der Waals surface area contributed by atoms with Gasteiger partial charge in [-0.05, 0) is 12.8 Å². The number of piperidine rings is 1. The molecule has 98 valence electrons. The summed E-state index contributed by atoms with van der Waals surface area (Å²) in [4.78, 5) is 13.6. The van der Waals surface area contributed by atoms with Gasteiger partial charge in [-0.25, -0.2) is 0 Å². The van der Waals surface area contributed by atoms with Crippen LogP contribution in [0.25, 0.3) is 0 Å². The molecule has 1 aromatic rings. The Morgan fingerprint density at radius 1 is 1.39 bits per heavy atom. The van der Waals surface area contributed by atoms with Crippen molar-refractivity contribution in [2.24, 2.45) is 5.92 Å². The van der Waals surface area contributed by atoms with Crippen LogP contribution in [0, 0.1) is 5.92 Å². The lowest BCUT2D eigenvalue weighted by atomic mass is 9.96. The average molecular weight is 289 g/mol. The summed E-state index contributed by atoms with van der Waals surface area (Å²) in [5, 5.41) is 10.8. The monoisotopic (exact) mass is 288 g/mol. The lowest BCUT2D eigenvalue weighted by molar-refractivity contribution is -0.125. The van der Waals surface area contributed by atoms with Gasteiger partial charge in [0.05, 0.1) is 5.69 Å². The number of carbonyl (C=O) groups excluding carboxylic acids is 1. The van der Waals surface area contributed by atoms with E-state index >= 15 is 0 Å². The van der Waals surface area contributed by atoms with E-state index in [0.717, 1.165) is 31.6 Å². The van der Waals surface area contributed by atoms with E-state index in [1.54, 1.807) is 13.1 Å². The fourth-order valence-electron chi connectivity index (χ4n) is 2.15. The molecule has 2 rings (SSSR count). The standard InChI is InChI=1S/C11H14Cl2N4O/c1-14-11(18)7-2-4-17(5-3-7)8-6-9(12)15-16-10(8)13/h6-7H,2-5H2,1H3,(H,14,18). The zero-order valence-electron chi connectivity index (χ0n) is 9.99. The van der Waals surface area contributed by atoms with Crippen molar-refractivity contribution in [3.63, 3.8) is 0 Å². The third-order valence-electron chi connectivity index (χ3n) is 3.15. The third-order valence-corrected chi connectivity index (χ3v) is 3.61. The highest BCUT2D eigenvalue weighted by atomic mass is 35.5. The van der Waals surface area contributed by atoms with Gasteiger partial charge in [0.15, 0.2) is 10.3 Å². The predicted molar refractivity (Wildman–Crippen MR) is 71.1 cm³/mol. The summed E-state index contributed by atoms with van der Waals surface area (Å²) in [6, 6.07) is 1.71. The van der Waals surface area contributed by atoms with Crippen LogP contribution in [0.3, 0.4) is 0 Å². The Morgan fingerprint density at radius 3 is 2.67 bits per heavy atom. The van der Waals surface area contributed by atoms with Gasteiger partial charge >= 0.3 is 0 Å². The first kappa shape index (κ1) is 13.4. The number of hydrogen-bond donors (Lipinski definition) is 1. The van der Waals surface area contributed by atoms with Crippen molar-refractivity contribution in [1.82, 2.24) is 15.5 Å². The number of rotatable bonds is 2. The highest BCUT2D eigenvalue weighted by molar-refractivity contribution is 6.33. The summed E-state index contributed by atoms with van der Waals surface area (Å²) in [7, 11) is 1.66. The molecule has 1 saturated heterocycles. The van der Waals surface area contributed by atoms with E-state index in [0.29, 0.717) is 10.3 Å². The molecule has 1 fully saturated rings. The number of halogens is 2. The summed E-state index contributed by atoms with van der Waals surface area (Å²) < 4.78 is 0. The van der Waals surface area contributed by atoms with E-state index in [-0.39, 0.29) is 11.8 Å². The first-order valence-electron chi connectivity index (χ1n) is 5.77. The van der Waals surface area contributed by atoms with Crippen molar-refractivity contribution in [2.45, 2.75) is 12.8 Å². The van der Waals surface area contributed by atoms with Crippen molar-refractivity contribution in [1.29, 1.82) is 0 Å². The molecule has 1 N–H and O–H groups in total. The molecule has 7 heteroatoms. The Bertz CT molecular complexity index is 447. The minimum absolute atomic E-state index is 0.0790. The van der Waals surface area contributed by atoms with Crippen LogP contribution < -0.4 is 10.2 Å². The highest BCUT2D eigenvalue weighted by Gasteiger charge is 2.25. The minimum atomic E-state index is 0.0790. The van der Waals surface area contributed by atoms with E-state index in [9.17, 15) is 4.79 Å². The van der Waals surface area contributed by atoms with Gasteiger partial charge in [-0.3, -0.25) is 4.79 Å². The molecule has 1 aromatic heterocycles. The number of nitrogens with zero attached hydrogens (tertiary/aromatic N) is 3. The summed E-state index contributed by atoms with van der Waals surface area (Å²) in [5.41, 5.74) is 0.784. The number of aromatic nitrogens is 2. The van der Waals surface area contributed by atoms with Crippen LogP contribution in [0.5, 0.6) is 0 Å². The zero-order valence-corrected chi connectivity index (χ0v) is 11.5. The quantitative estimate of drug-likeness (QED) is 0.901. The maximum Gasteiger partial charge on any atom is 0.222 e. The number of carbonyl (C=O) groups is 1. The van der Waals surface area contributed by atoms with Crippen LogP contribution >= 0.6 is 23.2 Å². The molecule has 0 bridgehead atoms. The van der Waals surface area contributed by atoms with Gasteiger partial charge in [-0.15, -0.1) is 10.2 Å². The summed E-state index contributed by atoms with van der Waals surface area (Å²) in [6.07, 6.45) is 1.60. The normalized spacial score (nSPS) is 16.7. The smallest absolute Gasteiger partial charge is 0.222 e. The summed E-state index contributed by atoms with van der Waals surface area (Å²) in [6.45, 7) is 1.53. The second-order valence-electron chi connectivity index (χ2n) is 4.22. The highest BCUT2D eigenvalue weighted by Crippen LogP contribution is 2.29. The Morgan fingerprint density at radius 2 is 2.06 bits per heavy atom. The van der Waals surface area contributed by atoms with Crippen molar-refractivity contribution < 1.29 is 4.79 Å². The predicted octanol–water partition coefficient (Wildman–Crippen LogP) is 1.75. The Hall–Kier alpha value is -1.07. The van der Waals surface area contributed by atoms with Gasteiger partial charge in [0.1, 0.15) is 0 Å². The van der Waals surface area contributed by atoms with Gasteiger partial charge in [0.25, 0.3) is 0 Å². The molecule has 0 saturated carbocycles. The molecular weight excluding hydrogens is 275 g/mol. The number of hydrogen-bond acceptors (Lipinski definition) is 4. The Kier molecular flexibility index (Phi) is 4.24. The fourth-order valence-corrected chi connectivity index (χ4v) is 2.51. The van der Waals surface area contributed by atoms with Gasteiger partial charge in [-0.2, -0.15) is 0 Å². The molecule has 5 nitrogen and oxygen atoms in total. The minimum Gasteiger partial charge on any atom is -0.369 e. The van der Waals surface area contributed by atoms with Crippen LogP contribution in [0.4, 0.5) is 5.69 Å². The molecule has 0 unspecified atom stereocenters. The topological polar surface area (TPSA) is 58.1 Å². The Balaban J connectivity index is 2.05. The molecule has 1 amide bonds. The second-order valence-corrected chi connectivity index (χ2v) is 4.96. The van der Waals surface area contributed by atoms with Gasteiger partial charge in [0, 0.05) is 32.1 Å². The van der Waals surface area contributed by atoms with Crippen molar-refractivity contribution in [2.75, 3.05) is 25.0 Å². The third kappa shape index (κ3) is 2.84. The maximum absolute atomic E-state index is 11.5. The van der Waals surface area contributed by atoms with E-state index < -0.39 is 0 Å².